The van der Waals surface area contributed by atoms with Gasteiger partial charge < -0.3 is 38.3 Å². The Morgan fingerprint density at radius 3 is 1.73 bits per heavy atom. The van der Waals surface area contributed by atoms with Gasteiger partial charge in [-0.3, -0.25) is 23.9 Å². The predicted molar refractivity (Wildman–Crippen MR) is 109 cm³/mol. The van der Waals surface area contributed by atoms with Crippen LogP contribution in [-0.2, 0) is 24.5 Å². The highest BCUT2D eigenvalue weighted by atomic mass is 32.2. The molecule has 0 heterocycles. The molecular weight excluding hydrogens is 426 g/mol. The minimum absolute atomic E-state index is 0.0856. The van der Waals surface area contributed by atoms with Crippen molar-refractivity contribution in [3.05, 3.63) is 0 Å². The van der Waals surface area contributed by atoms with Gasteiger partial charge in [0.05, 0.1) is 12.3 Å². The van der Waals surface area contributed by atoms with Crippen LogP contribution in [0.4, 0.5) is 0 Å². The molecule has 0 aliphatic rings. The number of carboxylic acid groups (broad SMARTS) is 3. The van der Waals surface area contributed by atoms with E-state index >= 15 is 0 Å². The van der Waals surface area contributed by atoms with Crippen molar-refractivity contribution in [1.29, 1.82) is 0 Å². The summed E-state index contributed by atoms with van der Waals surface area (Å²) in [5, 5.41) is 24.5. The highest BCUT2D eigenvalue weighted by Gasteiger charge is 2.11. The second-order valence-electron chi connectivity index (χ2n) is 5.93. The minimum atomic E-state index is -3.89. The topological polar surface area (TPSA) is 283 Å². The fourth-order valence-electron chi connectivity index (χ4n) is 1.44. The van der Waals surface area contributed by atoms with E-state index in [4.69, 9.17) is 42.8 Å². The summed E-state index contributed by atoms with van der Waals surface area (Å²) in [6, 6.07) is -1.91. The Kier molecular flexibility index (Phi) is 19.9. The third-order valence-electron chi connectivity index (χ3n) is 2.99. The Labute approximate surface area is 175 Å². The van der Waals surface area contributed by atoms with E-state index < -0.39 is 40.1 Å². The number of rotatable bonds is 12. The molecule has 178 valence electrons. The third-order valence-corrected chi connectivity index (χ3v) is 3.79. The number of nitrogens with two attached hydrogens (primary N) is 4. The molecule has 0 aromatic rings. The monoisotopic (exact) mass is 459 g/mol. The molecule has 2 atom stereocenters. The van der Waals surface area contributed by atoms with E-state index in [1.54, 1.807) is 0 Å². The summed E-state index contributed by atoms with van der Waals surface area (Å²) < 4.78 is 28.9. The van der Waals surface area contributed by atoms with Crippen LogP contribution in [0, 0.1) is 0 Å². The number of carbonyl (C=O) groups is 3. The summed E-state index contributed by atoms with van der Waals surface area (Å²) in [6.07, 6.45) is 2.76. The van der Waals surface area contributed by atoms with Crippen molar-refractivity contribution in [2.45, 2.75) is 57.5 Å². The number of aliphatic carboxylic acids is 3. The average Bonchev–Trinajstić information content (AvgIpc) is 2.58. The summed E-state index contributed by atoms with van der Waals surface area (Å²) in [5.41, 5.74) is 20.1. The number of carboxylic acids is 3. The van der Waals surface area contributed by atoms with Gasteiger partial charge in [0, 0.05) is 6.42 Å². The van der Waals surface area contributed by atoms with Crippen molar-refractivity contribution >= 4 is 34.0 Å². The second kappa shape index (κ2) is 18.5. The van der Waals surface area contributed by atoms with Crippen molar-refractivity contribution in [3.63, 3.8) is 0 Å². The van der Waals surface area contributed by atoms with Gasteiger partial charge in [-0.15, -0.1) is 0 Å². The molecule has 12 N–H and O–H groups in total. The van der Waals surface area contributed by atoms with E-state index in [0.29, 0.717) is 32.1 Å². The molecule has 15 heteroatoms. The van der Waals surface area contributed by atoms with E-state index in [1.807, 2.05) is 6.92 Å². The molecule has 0 aliphatic heterocycles. The van der Waals surface area contributed by atoms with Crippen LogP contribution < -0.4 is 22.9 Å². The fraction of sp³-hybridized carbons (Fsp3) is 0.733. The van der Waals surface area contributed by atoms with E-state index in [-0.39, 0.29) is 18.3 Å². The summed E-state index contributed by atoms with van der Waals surface area (Å²) in [5.74, 6) is -3.33. The number of guanidine groups is 1. The van der Waals surface area contributed by atoms with Gasteiger partial charge in [-0.25, -0.2) is 0 Å². The van der Waals surface area contributed by atoms with Gasteiger partial charge in [0.15, 0.2) is 5.96 Å². The van der Waals surface area contributed by atoms with Crippen LogP contribution in [0.5, 0.6) is 0 Å². The zero-order valence-corrected chi connectivity index (χ0v) is 17.6. The molecule has 2 unspecified atom stereocenters. The largest absolute Gasteiger partial charge is 0.481 e. The SMILES string of the molecule is CCCC(=O)O.NC(CCCCCS(=O)(=O)O)C(=O)O.NC(N)=NCC(N)C(=O)O. The number of aliphatic imine (C=N–C) groups is 1. The Morgan fingerprint density at radius 1 is 0.933 bits per heavy atom. The van der Waals surface area contributed by atoms with Crippen molar-refractivity contribution < 1.29 is 42.7 Å². The molecule has 30 heavy (non-hydrogen) atoms. The molecule has 0 aliphatic carbocycles. The molecule has 0 spiro atoms. The average molecular weight is 460 g/mol. The molecule has 0 rings (SSSR count). The number of nitrogens with zero attached hydrogens (tertiary/aromatic N) is 1. The molecule has 14 nitrogen and oxygen atoms in total. The number of hydrogen-bond donors (Lipinski definition) is 8. The maximum atomic E-state index is 10.3. The zero-order chi connectivity index (χ0) is 24.3. The maximum absolute atomic E-state index is 10.3. The lowest BCUT2D eigenvalue weighted by molar-refractivity contribution is -0.139. The van der Waals surface area contributed by atoms with Crippen molar-refractivity contribution in [2.75, 3.05) is 12.3 Å². The lowest BCUT2D eigenvalue weighted by Gasteiger charge is -2.04. The van der Waals surface area contributed by atoms with Gasteiger partial charge in [-0.2, -0.15) is 8.42 Å². The first-order valence-corrected chi connectivity index (χ1v) is 10.4. The Hall–Kier alpha value is -2.49. The first-order chi connectivity index (χ1) is 13.6. The first-order valence-electron chi connectivity index (χ1n) is 8.83. The lowest BCUT2D eigenvalue weighted by Crippen LogP contribution is -2.35. The maximum Gasteiger partial charge on any atom is 0.322 e. The standard InChI is InChI=1S/C7H15NO5S.C4H10N4O2.C4H8O2/c8-6(7(9)10)4-2-1-3-5-14(11,12)13;5-2(3(9)10)1-8-4(6)7;1-2-3-4(5)6/h6H,1-5,8H2,(H,9,10)(H,11,12,13);2H,1,5H2,(H,9,10)(H4,6,7,8);2-3H2,1H3,(H,5,6). The summed E-state index contributed by atoms with van der Waals surface area (Å²) in [4.78, 5) is 33.3. The quantitative estimate of drug-likeness (QED) is 0.0706. The van der Waals surface area contributed by atoms with Gasteiger partial charge >= 0.3 is 17.9 Å². The normalized spacial score (nSPS) is 12.1. The van der Waals surface area contributed by atoms with Crippen LogP contribution in [0.2, 0.25) is 0 Å². The van der Waals surface area contributed by atoms with E-state index in [0.717, 1.165) is 6.42 Å². The number of hydrogen-bond acceptors (Lipinski definition) is 8. The van der Waals surface area contributed by atoms with Gasteiger partial charge in [0.2, 0.25) is 0 Å². The second-order valence-corrected chi connectivity index (χ2v) is 7.51. The van der Waals surface area contributed by atoms with Crippen LogP contribution in [-0.4, -0.2) is 76.5 Å². The molecule has 0 fully saturated rings. The molecular formula is C15H33N5O9S. The molecule has 0 amide bonds. The Bertz CT molecular complexity index is 636. The molecule has 0 bridgehead atoms. The van der Waals surface area contributed by atoms with Crippen LogP contribution in [0.25, 0.3) is 0 Å². The molecule has 0 saturated heterocycles. The molecule has 0 radical (unpaired) electrons. The van der Waals surface area contributed by atoms with E-state index in [2.05, 4.69) is 4.99 Å². The Balaban J connectivity index is -0.000000397. The Morgan fingerprint density at radius 2 is 1.43 bits per heavy atom. The minimum Gasteiger partial charge on any atom is -0.481 e. The first kappa shape index (κ1) is 32.2. The van der Waals surface area contributed by atoms with Crippen LogP contribution in [0.15, 0.2) is 4.99 Å². The van der Waals surface area contributed by atoms with Crippen LogP contribution in [0.1, 0.15) is 45.4 Å². The third kappa shape index (κ3) is 30.2. The highest BCUT2D eigenvalue weighted by Crippen LogP contribution is 2.03. The van der Waals surface area contributed by atoms with Crippen molar-refractivity contribution in [3.8, 4) is 0 Å². The van der Waals surface area contributed by atoms with E-state index in [1.165, 1.54) is 0 Å². The highest BCUT2D eigenvalue weighted by molar-refractivity contribution is 7.85. The fourth-order valence-corrected chi connectivity index (χ4v) is 2.01. The van der Waals surface area contributed by atoms with Gasteiger partial charge in [0.1, 0.15) is 12.1 Å². The van der Waals surface area contributed by atoms with E-state index in [9.17, 15) is 22.8 Å². The summed E-state index contributed by atoms with van der Waals surface area (Å²) >= 11 is 0. The molecule has 0 saturated carbocycles. The summed E-state index contributed by atoms with van der Waals surface area (Å²) in [7, 11) is -3.89. The van der Waals surface area contributed by atoms with Gasteiger partial charge in [0.25, 0.3) is 10.1 Å². The number of unbranched alkanes of at least 4 members (excludes halogenated alkanes) is 2. The van der Waals surface area contributed by atoms with Crippen LogP contribution >= 0.6 is 0 Å². The van der Waals surface area contributed by atoms with Gasteiger partial charge in [-0.1, -0.05) is 19.8 Å². The van der Waals surface area contributed by atoms with Gasteiger partial charge in [-0.05, 0) is 19.3 Å². The summed E-state index contributed by atoms with van der Waals surface area (Å²) in [6.45, 7) is 1.76. The predicted octanol–water partition coefficient (Wildman–Crippen LogP) is -1.61. The molecule has 0 aromatic heterocycles. The zero-order valence-electron chi connectivity index (χ0n) is 16.8. The molecule has 0 aromatic carbocycles. The lowest BCUT2D eigenvalue weighted by atomic mass is 10.1. The van der Waals surface area contributed by atoms with Crippen molar-refractivity contribution in [2.24, 2.45) is 27.9 Å². The smallest absolute Gasteiger partial charge is 0.322 e. The van der Waals surface area contributed by atoms with Crippen LogP contribution in [0.3, 0.4) is 0 Å². The van der Waals surface area contributed by atoms with Crippen molar-refractivity contribution in [1.82, 2.24) is 0 Å².